The number of nitrogens with zero attached hydrogens (tertiary/aromatic N) is 5. The largest absolute Gasteiger partial charge is 0.362 e. The fraction of sp³-hybridized carbons (Fsp3) is 0.579. The summed E-state index contributed by atoms with van der Waals surface area (Å²) in [5, 5.41) is 3.98. The monoisotopic (exact) mass is 437 g/mol. The van der Waals surface area contributed by atoms with E-state index in [0.29, 0.717) is 18.7 Å². The van der Waals surface area contributed by atoms with E-state index in [9.17, 15) is 9.36 Å². The Balaban J connectivity index is 1.62. The molecule has 0 aromatic carbocycles. The lowest BCUT2D eigenvalue weighted by atomic mass is 10.0. The summed E-state index contributed by atoms with van der Waals surface area (Å²) in [5.41, 5.74) is -0.364. The highest BCUT2D eigenvalue weighted by atomic mass is 31.2. The first-order valence-electron chi connectivity index (χ1n) is 9.96. The third-order valence-corrected chi connectivity index (χ3v) is 6.26. The van der Waals surface area contributed by atoms with Crippen LogP contribution in [-0.2, 0) is 18.3 Å². The van der Waals surface area contributed by atoms with E-state index in [1.807, 2.05) is 12.2 Å². The Morgan fingerprint density at radius 1 is 1.17 bits per heavy atom. The predicted molar refractivity (Wildman–Crippen MR) is 111 cm³/mol. The van der Waals surface area contributed by atoms with Gasteiger partial charge in [0.15, 0.2) is 5.82 Å². The molecule has 0 radical (unpaired) electrons. The van der Waals surface area contributed by atoms with Gasteiger partial charge in [0.05, 0.1) is 24.4 Å². The maximum atomic E-state index is 12.9. The van der Waals surface area contributed by atoms with Crippen molar-refractivity contribution in [2.24, 2.45) is 0 Å². The van der Waals surface area contributed by atoms with Gasteiger partial charge in [-0.3, -0.25) is 9.13 Å². The zero-order chi connectivity index (χ0) is 21.7. The summed E-state index contributed by atoms with van der Waals surface area (Å²) in [4.78, 5) is 20.4. The van der Waals surface area contributed by atoms with Gasteiger partial charge in [-0.05, 0) is 46.6 Å². The second-order valence-electron chi connectivity index (χ2n) is 7.60. The second-order valence-corrected chi connectivity index (χ2v) is 9.50. The second kappa shape index (κ2) is 9.78. The highest BCUT2D eigenvalue weighted by Crippen LogP contribution is 2.50. The quantitative estimate of drug-likeness (QED) is 0.435. The summed E-state index contributed by atoms with van der Waals surface area (Å²) >= 11 is 0. The molecule has 2 aromatic rings. The van der Waals surface area contributed by atoms with E-state index in [4.69, 9.17) is 13.8 Å². The molecule has 0 saturated heterocycles. The van der Waals surface area contributed by atoms with Crippen LogP contribution in [0.4, 0.5) is 0 Å². The Kier molecular flexibility index (Phi) is 7.36. The number of ether oxygens (including phenoxy) is 1. The molecule has 1 aliphatic rings. The number of aromatic nitrogens is 5. The normalized spacial score (nSPS) is 19.7. The van der Waals surface area contributed by atoms with Gasteiger partial charge in [-0.1, -0.05) is 12.2 Å². The van der Waals surface area contributed by atoms with Gasteiger partial charge < -0.3 is 13.8 Å². The van der Waals surface area contributed by atoms with Crippen molar-refractivity contribution in [3.05, 3.63) is 47.6 Å². The molecule has 0 amide bonds. The molecule has 0 bridgehead atoms. The van der Waals surface area contributed by atoms with Crippen LogP contribution in [0, 0.1) is 0 Å². The average Bonchev–Trinajstić information content (AvgIpc) is 3.20. The Morgan fingerprint density at radius 3 is 2.43 bits per heavy atom. The topological polar surface area (TPSA) is 110 Å². The van der Waals surface area contributed by atoms with E-state index < -0.39 is 7.60 Å². The molecule has 0 unspecified atom stereocenters. The Labute approximate surface area is 175 Å². The van der Waals surface area contributed by atoms with Crippen LogP contribution in [0.25, 0.3) is 5.82 Å². The van der Waals surface area contributed by atoms with Crippen LogP contribution in [0.15, 0.2) is 41.9 Å². The molecule has 0 aliphatic heterocycles. The summed E-state index contributed by atoms with van der Waals surface area (Å²) in [6, 6.07) is 1.59. The van der Waals surface area contributed by atoms with Gasteiger partial charge in [-0.2, -0.15) is 10.1 Å². The summed E-state index contributed by atoms with van der Waals surface area (Å²) in [6.45, 7) is 7.23. The highest BCUT2D eigenvalue weighted by Gasteiger charge is 2.30. The Hall–Kier alpha value is -2.13. The Bertz CT molecular complexity index is 942. The maximum Gasteiger partial charge on any atom is 0.356 e. The van der Waals surface area contributed by atoms with E-state index in [1.54, 1.807) is 44.5 Å². The van der Waals surface area contributed by atoms with Crippen LogP contribution in [0.2, 0.25) is 0 Å². The molecular weight excluding hydrogens is 409 g/mol. The van der Waals surface area contributed by atoms with E-state index in [0.717, 1.165) is 0 Å². The molecule has 0 saturated carbocycles. The number of rotatable bonds is 9. The first kappa shape index (κ1) is 22.6. The molecule has 3 rings (SSSR count). The fourth-order valence-electron chi connectivity index (χ4n) is 3.18. The molecule has 2 atom stereocenters. The molecular formula is C19H28N5O5P. The van der Waals surface area contributed by atoms with Crippen molar-refractivity contribution in [1.29, 1.82) is 0 Å². The SMILES string of the molecule is CC(C)OP(=O)(CO[C@@H]1C=C[C@H](n2ccc(-n3cncn3)nc2=O)CC1)OC(C)C. The van der Waals surface area contributed by atoms with E-state index in [1.165, 1.54) is 17.3 Å². The number of hydrogen-bond acceptors (Lipinski definition) is 8. The summed E-state index contributed by atoms with van der Waals surface area (Å²) in [5.74, 6) is 0.417. The summed E-state index contributed by atoms with van der Waals surface area (Å²) < 4.78 is 32.7. The maximum absolute atomic E-state index is 12.9. The third kappa shape index (κ3) is 5.95. The number of hydrogen-bond donors (Lipinski definition) is 0. The smallest absolute Gasteiger partial charge is 0.356 e. The minimum absolute atomic E-state index is 0.114. The van der Waals surface area contributed by atoms with Crippen LogP contribution < -0.4 is 5.69 Å². The van der Waals surface area contributed by atoms with E-state index >= 15 is 0 Å². The highest BCUT2D eigenvalue weighted by molar-refractivity contribution is 7.53. The molecule has 0 N–H and O–H groups in total. The summed E-state index contributed by atoms with van der Waals surface area (Å²) in [6.07, 6.45) is 8.90. The van der Waals surface area contributed by atoms with Crippen molar-refractivity contribution in [2.75, 3.05) is 6.35 Å². The van der Waals surface area contributed by atoms with Crippen LogP contribution in [-0.4, -0.2) is 49.0 Å². The molecule has 0 fully saturated rings. The molecule has 0 spiro atoms. The first-order valence-corrected chi connectivity index (χ1v) is 11.7. The van der Waals surface area contributed by atoms with E-state index in [-0.39, 0.29) is 36.4 Å². The van der Waals surface area contributed by atoms with Gasteiger partial charge in [-0.15, -0.1) is 0 Å². The van der Waals surface area contributed by atoms with Crippen LogP contribution in [0.3, 0.4) is 0 Å². The van der Waals surface area contributed by atoms with Crippen LogP contribution >= 0.6 is 7.60 Å². The van der Waals surface area contributed by atoms with Gasteiger partial charge in [-0.25, -0.2) is 14.5 Å². The predicted octanol–water partition coefficient (Wildman–Crippen LogP) is 3.10. The fourth-order valence-corrected chi connectivity index (χ4v) is 5.01. The van der Waals surface area contributed by atoms with Crippen molar-refractivity contribution in [3.63, 3.8) is 0 Å². The number of allylic oxidation sites excluding steroid dienone is 1. The van der Waals surface area contributed by atoms with Crippen molar-refractivity contribution >= 4 is 7.60 Å². The first-order chi connectivity index (χ1) is 14.3. The molecule has 1 aliphatic carbocycles. The van der Waals surface area contributed by atoms with Gasteiger partial charge >= 0.3 is 13.3 Å². The standard InChI is InChI=1S/C19H28N5O5P/c1-14(2)28-30(26,29-15(3)4)13-27-17-7-5-16(6-8-17)23-10-9-18(22-19(23)25)24-12-20-11-21-24/h5,7,9-12,14-17H,6,8,13H2,1-4H3/t16-,17+/m0/s1. The lowest BCUT2D eigenvalue weighted by Gasteiger charge is -2.27. The van der Waals surface area contributed by atoms with Crippen molar-refractivity contribution < 1.29 is 18.3 Å². The average molecular weight is 437 g/mol. The van der Waals surface area contributed by atoms with Crippen LogP contribution in [0.5, 0.6) is 0 Å². The zero-order valence-electron chi connectivity index (χ0n) is 17.6. The lowest BCUT2D eigenvalue weighted by Crippen LogP contribution is -2.29. The molecule has 164 valence electrons. The van der Waals surface area contributed by atoms with Gasteiger partial charge in [0.1, 0.15) is 19.0 Å². The molecule has 2 aromatic heterocycles. The zero-order valence-corrected chi connectivity index (χ0v) is 18.5. The van der Waals surface area contributed by atoms with Crippen molar-refractivity contribution in [1.82, 2.24) is 24.3 Å². The minimum Gasteiger partial charge on any atom is -0.362 e. The third-order valence-electron chi connectivity index (χ3n) is 4.31. The van der Waals surface area contributed by atoms with Gasteiger partial charge in [0.2, 0.25) is 0 Å². The Morgan fingerprint density at radius 2 is 1.90 bits per heavy atom. The van der Waals surface area contributed by atoms with Crippen molar-refractivity contribution in [2.45, 2.75) is 64.9 Å². The lowest BCUT2D eigenvalue weighted by molar-refractivity contribution is 0.0668. The van der Waals surface area contributed by atoms with Crippen LogP contribution in [0.1, 0.15) is 46.6 Å². The summed E-state index contributed by atoms with van der Waals surface area (Å²) in [7, 11) is -3.34. The van der Waals surface area contributed by atoms with Gasteiger partial charge in [0, 0.05) is 6.20 Å². The molecule has 10 nitrogen and oxygen atoms in total. The van der Waals surface area contributed by atoms with E-state index in [2.05, 4.69) is 15.1 Å². The molecule has 2 heterocycles. The minimum atomic E-state index is -3.34. The van der Waals surface area contributed by atoms with Crippen molar-refractivity contribution in [3.8, 4) is 5.82 Å². The molecule has 11 heteroatoms. The molecule has 30 heavy (non-hydrogen) atoms. The van der Waals surface area contributed by atoms with Gasteiger partial charge in [0.25, 0.3) is 0 Å².